The van der Waals surface area contributed by atoms with Crippen molar-refractivity contribution in [1.29, 1.82) is 0 Å². The third-order valence-electron chi connectivity index (χ3n) is 1.32. The molecule has 0 aromatic carbocycles. The van der Waals surface area contributed by atoms with Crippen LogP contribution in [0.2, 0.25) is 0 Å². The van der Waals surface area contributed by atoms with E-state index in [4.69, 9.17) is 0 Å². The molecule has 0 saturated heterocycles. The number of carbonyl (C=O) groups excluding carboxylic acids is 1. The molecule has 0 spiro atoms. The molecule has 0 aromatic rings. The Morgan fingerprint density at radius 2 is 1.83 bits per heavy atom. The first-order chi connectivity index (χ1) is 5.59. The van der Waals surface area contributed by atoms with Gasteiger partial charge in [0.25, 0.3) is 0 Å². The normalized spacial score (nSPS) is 14.0. The van der Waals surface area contributed by atoms with E-state index in [0.29, 0.717) is 0 Å². The van der Waals surface area contributed by atoms with Crippen LogP contribution in [0.5, 0.6) is 0 Å². The van der Waals surface area contributed by atoms with Crippen molar-refractivity contribution >= 4 is 5.78 Å². The summed E-state index contributed by atoms with van der Waals surface area (Å²) in [6.45, 7) is 4.47. The zero-order valence-corrected chi connectivity index (χ0v) is 7.60. The van der Waals surface area contributed by atoms with Gasteiger partial charge in [0, 0.05) is 5.57 Å². The van der Waals surface area contributed by atoms with Crippen LogP contribution in [0.3, 0.4) is 0 Å². The van der Waals surface area contributed by atoms with Crippen LogP contribution in [-0.4, -0.2) is 5.78 Å². The van der Waals surface area contributed by atoms with Crippen molar-refractivity contribution in [2.75, 3.05) is 0 Å². The maximum Gasteiger partial charge on any atom is 0.162 e. The van der Waals surface area contributed by atoms with Crippen molar-refractivity contribution in [3.8, 4) is 0 Å². The number of carbonyl (C=O) groups is 1. The lowest BCUT2D eigenvalue weighted by Gasteiger charge is -1.94. The number of ketones is 1. The van der Waals surface area contributed by atoms with Gasteiger partial charge in [0.1, 0.15) is 5.83 Å². The van der Waals surface area contributed by atoms with Gasteiger partial charge >= 0.3 is 0 Å². The van der Waals surface area contributed by atoms with E-state index in [1.807, 2.05) is 13.0 Å². The molecule has 0 aliphatic carbocycles. The van der Waals surface area contributed by atoms with Gasteiger partial charge in [-0.05, 0) is 26.8 Å². The van der Waals surface area contributed by atoms with Crippen molar-refractivity contribution in [3.63, 3.8) is 0 Å². The van der Waals surface area contributed by atoms with Gasteiger partial charge in [-0.15, -0.1) is 0 Å². The molecule has 0 bridgehead atoms. The Kier molecular flexibility index (Phi) is 4.93. The highest BCUT2D eigenvalue weighted by molar-refractivity contribution is 5.96. The van der Waals surface area contributed by atoms with Gasteiger partial charge in [0.15, 0.2) is 5.78 Å². The fraction of sp³-hybridized carbons (Fsp3) is 0.300. The maximum absolute atomic E-state index is 12.6. The van der Waals surface area contributed by atoms with Crippen molar-refractivity contribution in [3.05, 3.63) is 35.7 Å². The Balaban J connectivity index is 4.58. The van der Waals surface area contributed by atoms with Crippen LogP contribution < -0.4 is 0 Å². The molecule has 0 atom stereocenters. The van der Waals surface area contributed by atoms with Gasteiger partial charge in [-0.3, -0.25) is 4.79 Å². The van der Waals surface area contributed by atoms with Gasteiger partial charge in [-0.2, -0.15) is 0 Å². The van der Waals surface area contributed by atoms with Crippen LogP contribution in [0.4, 0.5) is 4.39 Å². The predicted octanol–water partition coefficient (Wildman–Crippen LogP) is 2.95. The van der Waals surface area contributed by atoms with Crippen LogP contribution in [0, 0.1) is 0 Å². The molecule has 0 aromatic heterocycles. The number of rotatable bonds is 3. The summed E-state index contributed by atoms with van der Waals surface area (Å²) in [6.07, 6.45) is 6.66. The highest BCUT2D eigenvalue weighted by Crippen LogP contribution is 2.08. The maximum atomic E-state index is 12.6. The van der Waals surface area contributed by atoms with E-state index in [0.717, 1.165) is 0 Å². The second-order valence-corrected chi connectivity index (χ2v) is 2.39. The number of Topliss-reactive ketones (excluding diaryl/α,β-unsaturated/α-hetero) is 1. The van der Waals surface area contributed by atoms with E-state index in [2.05, 4.69) is 0 Å². The van der Waals surface area contributed by atoms with Crippen LogP contribution in [0.1, 0.15) is 20.8 Å². The fourth-order valence-electron chi connectivity index (χ4n) is 0.738. The molecule has 0 heterocycles. The highest BCUT2D eigenvalue weighted by Gasteiger charge is 2.02. The van der Waals surface area contributed by atoms with Crippen LogP contribution in [0.25, 0.3) is 0 Å². The third-order valence-corrected chi connectivity index (χ3v) is 1.32. The molecule has 0 saturated carbocycles. The molecule has 2 heteroatoms. The lowest BCUT2D eigenvalue weighted by Crippen LogP contribution is -1.94. The molecular formula is C10H13FO. The first-order valence-electron chi connectivity index (χ1n) is 3.76. The summed E-state index contributed by atoms with van der Waals surface area (Å²) >= 11 is 0. The van der Waals surface area contributed by atoms with Crippen molar-refractivity contribution in [1.82, 2.24) is 0 Å². The molecule has 0 fully saturated rings. The lowest BCUT2D eigenvalue weighted by molar-refractivity contribution is -0.113. The molecule has 0 aliphatic rings. The van der Waals surface area contributed by atoms with E-state index in [9.17, 15) is 9.18 Å². The average Bonchev–Trinajstić information content (AvgIpc) is 1.96. The summed E-state index contributed by atoms with van der Waals surface area (Å²) in [5.74, 6) is -0.695. The first kappa shape index (κ1) is 10.8. The fourth-order valence-corrected chi connectivity index (χ4v) is 0.738. The number of allylic oxidation sites excluding steroid dienone is 6. The first-order valence-corrected chi connectivity index (χ1v) is 3.76. The number of halogens is 1. The summed E-state index contributed by atoms with van der Waals surface area (Å²) in [4.78, 5) is 10.8. The standard InChI is InChI=1S/C10H13FO/c1-4-5-6-7-10(8(2)11)9(3)12/h4-7H,1-3H3/b5-4?,7-6-,10-8-. The minimum absolute atomic E-state index is 0.133. The van der Waals surface area contributed by atoms with Crippen molar-refractivity contribution in [2.45, 2.75) is 20.8 Å². The Morgan fingerprint density at radius 3 is 2.17 bits per heavy atom. The van der Waals surface area contributed by atoms with Crippen LogP contribution >= 0.6 is 0 Å². The van der Waals surface area contributed by atoms with E-state index >= 15 is 0 Å². The zero-order chi connectivity index (χ0) is 9.56. The van der Waals surface area contributed by atoms with Gasteiger partial charge in [-0.25, -0.2) is 4.39 Å². The highest BCUT2D eigenvalue weighted by atomic mass is 19.1. The lowest BCUT2D eigenvalue weighted by atomic mass is 10.1. The molecule has 0 rings (SSSR count). The summed E-state index contributed by atoms with van der Waals surface area (Å²) in [7, 11) is 0. The van der Waals surface area contributed by atoms with Gasteiger partial charge in [0.05, 0.1) is 0 Å². The molecule has 0 amide bonds. The van der Waals surface area contributed by atoms with Crippen molar-refractivity contribution < 1.29 is 9.18 Å². The molecule has 1 nitrogen and oxygen atoms in total. The molecule has 66 valence electrons. The monoisotopic (exact) mass is 168 g/mol. The Morgan fingerprint density at radius 1 is 1.25 bits per heavy atom. The van der Waals surface area contributed by atoms with Crippen molar-refractivity contribution in [2.24, 2.45) is 0 Å². The van der Waals surface area contributed by atoms with Gasteiger partial charge in [-0.1, -0.05) is 18.2 Å². The second-order valence-electron chi connectivity index (χ2n) is 2.39. The summed E-state index contributed by atoms with van der Waals surface area (Å²) in [5.41, 5.74) is 0.133. The summed E-state index contributed by atoms with van der Waals surface area (Å²) in [6, 6.07) is 0. The van der Waals surface area contributed by atoms with Gasteiger partial charge in [0.2, 0.25) is 0 Å². The molecule has 12 heavy (non-hydrogen) atoms. The van der Waals surface area contributed by atoms with Crippen LogP contribution in [0.15, 0.2) is 35.7 Å². The molecular weight excluding hydrogens is 155 g/mol. The zero-order valence-electron chi connectivity index (χ0n) is 7.60. The average molecular weight is 168 g/mol. The van der Waals surface area contributed by atoms with Crippen LogP contribution in [-0.2, 0) is 4.79 Å². The molecule has 0 aliphatic heterocycles. The third kappa shape index (κ3) is 3.86. The van der Waals surface area contributed by atoms with E-state index < -0.39 is 5.83 Å². The molecule has 0 radical (unpaired) electrons. The number of hydrogen-bond donors (Lipinski definition) is 0. The quantitative estimate of drug-likeness (QED) is 0.467. The SMILES string of the molecule is CC=C/C=C\C(C(C)=O)=C(/C)F. The van der Waals surface area contributed by atoms with E-state index in [1.54, 1.807) is 12.2 Å². The van der Waals surface area contributed by atoms with E-state index in [1.165, 1.54) is 19.9 Å². The minimum atomic E-state index is -0.441. The topological polar surface area (TPSA) is 17.1 Å². The van der Waals surface area contributed by atoms with Gasteiger partial charge < -0.3 is 0 Å². The summed E-state index contributed by atoms with van der Waals surface area (Å²) in [5, 5.41) is 0. The molecule has 0 N–H and O–H groups in total. The smallest absolute Gasteiger partial charge is 0.162 e. The Bertz CT molecular complexity index is 243. The predicted molar refractivity (Wildman–Crippen MR) is 48.4 cm³/mol. The minimum Gasteiger partial charge on any atom is -0.294 e. The largest absolute Gasteiger partial charge is 0.294 e. The summed E-state index contributed by atoms with van der Waals surface area (Å²) < 4.78 is 12.6. The Labute approximate surface area is 72.3 Å². The molecule has 0 unspecified atom stereocenters. The van der Waals surface area contributed by atoms with E-state index in [-0.39, 0.29) is 11.4 Å². The number of hydrogen-bond acceptors (Lipinski definition) is 1. The Hall–Kier alpha value is -1.18. The second kappa shape index (κ2) is 5.47.